The van der Waals surface area contributed by atoms with Gasteiger partial charge in [-0.1, -0.05) is 223 Å². The average Bonchev–Trinajstić information content (AvgIpc) is 3.27. The first-order valence-corrected chi connectivity index (χ1v) is 26.9. The summed E-state index contributed by atoms with van der Waals surface area (Å²) < 4.78 is 5.43. The Hall–Kier alpha value is -2.18. The highest BCUT2D eigenvalue weighted by Crippen LogP contribution is 2.16. The fourth-order valence-electron chi connectivity index (χ4n) is 7.90. The third-order valence-electron chi connectivity index (χ3n) is 12.1. The molecular formula is C56H103NO5. The highest BCUT2D eigenvalue weighted by atomic mass is 16.5. The molecule has 0 aromatic rings. The molecule has 0 fully saturated rings. The van der Waals surface area contributed by atoms with Crippen molar-refractivity contribution in [2.24, 2.45) is 0 Å². The van der Waals surface area contributed by atoms with E-state index in [2.05, 4.69) is 55.6 Å². The van der Waals surface area contributed by atoms with Gasteiger partial charge in [0.15, 0.2) is 0 Å². The average molecular weight is 870 g/mol. The third-order valence-corrected chi connectivity index (χ3v) is 12.1. The molecule has 0 spiro atoms. The molecule has 0 radical (unpaired) electrons. The van der Waals surface area contributed by atoms with Crippen LogP contribution in [0, 0.1) is 0 Å². The second-order valence-electron chi connectivity index (χ2n) is 18.2. The van der Waals surface area contributed by atoms with Crippen molar-refractivity contribution < 1.29 is 24.5 Å². The van der Waals surface area contributed by atoms with Gasteiger partial charge in [-0.2, -0.15) is 0 Å². The van der Waals surface area contributed by atoms with Crippen LogP contribution in [-0.4, -0.2) is 47.4 Å². The first kappa shape index (κ1) is 59.8. The molecule has 0 saturated heterocycles. The first-order valence-electron chi connectivity index (χ1n) is 26.9. The molecule has 0 aromatic heterocycles. The number of aliphatic hydroxyl groups is 2. The lowest BCUT2D eigenvalue weighted by molar-refractivity contribution is -0.143. The molecule has 6 nitrogen and oxygen atoms in total. The quantitative estimate of drug-likeness (QED) is 0.0322. The van der Waals surface area contributed by atoms with Gasteiger partial charge in [-0.05, 0) is 83.5 Å². The molecule has 0 rings (SSSR count). The molecule has 0 saturated carbocycles. The van der Waals surface area contributed by atoms with E-state index in [1.54, 1.807) is 6.08 Å². The Morgan fingerprint density at radius 2 is 0.823 bits per heavy atom. The van der Waals surface area contributed by atoms with Crippen LogP contribution in [0.4, 0.5) is 0 Å². The molecule has 2 unspecified atom stereocenters. The van der Waals surface area contributed by atoms with E-state index in [4.69, 9.17) is 4.74 Å². The molecule has 62 heavy (non-hydrogen) atoms. The standard InChI is InChI=1S/C56H103NO5/c1-3-5-7-9-11-13-15-17-19-20-21-22-23-24-26-27-29-32-36-40-44-48-54(59)53(52-58)57-55(60)49-45-41-37-33-31-35-39-43-47-51-62-56(61)50-46-42-38-34-30-28-25-18-16-14-12-10-8-6-4-2/h12,14,18,25,33,37,44,48,53-54,58-59H,3-11,13,15-17,19-24,26-32,34-36,38-43,45-47,49-52H2,1-2H3,(H,57,60)/b14-12-,25-18-,37-33-,48-44+. The summed E-state index contributed by atoms with van der Waals surface area (Å²) in [6.07, 6.45) is 64.1. The van der Waals surface area contributed by atoms with Crippen LogP contribution in [0.3, 0.4) is 0 Å². The van der Waals surface area contributed by atoms with Crippen molar-refractivity contribution in [3.05, 3.63) is 48.6 Å². The number of hydrogen-bond donors (Lipinski definition) is 3. The minimum Gasteiger partial charge on any atom is -0.466 e. The number of carbonyl (C=O) groups is 2. The van der Waals surface area contributed by atoms with Crippen LogP contribution >= 0.6 is 0 Å². The third kappa shape index (κ3) is 47.3. The minimum absolute atomic E-state index is 0.0523. The van der Waals surface area contributed by atoms with Crippen LogP contribution in [0.2, 0.25) is 0 Å². The molecular weight excluding hydrogens is 767 g/mol. The molecule has 0 aliphatic carbocycles. The van der Waals surface area contributed by atoms with Crippen molar-refractivity contribution in [3.8, 4) is 0 Å². The number of rotatable bonds is 49. The number of allylic oxidation sites excluding steroid dienone is 7. The Morgan fingerprint density at radius 1 is 0.452 bits per heavy atom. The lowest BCUT2D eigenvalue weighted by Crippen LogP contribution is -2.45. The predicted molar refractivity (Wildman–Crippen MR) is 269 cm³/mol. The highest BCUT2D eigenvalue weighted by Gasteiger charge is 2.17. The van der Waals surface area contributed by atoms with Crippen molar-refractivity contribution in [3.63, 3.8) is 0 Å². The Morgan fingerprint density at radius 3 is 1.31 bits per heavy atom. The van der Waals surface area contributed by atoms with E-state index < -0.39 is 12.1 Å². The largest absolute Gasteiger partial charge is 0.466 e. The van der Waals surface area contributed by atoms with Crippen molar-refractivity contribution in [2.45, 2.75) is 283 Å². The second kappa shape index (κ2) is 51.5. The monoisotopic (exact) mass is 870 g/mol. The van der Waals surface area contributed by atoms with E-state index in [-0.39, 0.29) is 18.5 Å². The van der Waals surface area contributed by atoms with E-state index in [9.17, 15) is 19.8 Å². The number of ether oxygens (including phenoxy) is 1. The van der Waals surface area contributed by atoms with Crippen LogP contribution in [-0.2, 0) is 14.3 Å². The fourth-order valence-corrected chi connectivity index (χ4v) is 7.90. The van der Waals surface area contributed by atoms with Crippen molar-refractivity contribution in [2.75, 3.05) is 13.2 Å². The molecule has 0 heterocycles. The molecule has 0 aromatic carbocycles. The first-order chi connectivity index (χ1) is 30.5. The Kier molecular flexibility index (Phi) is 49.6. The lowest BCUT2D eigenvalue weighted by Gasteiger charge is -2.19. The summed E-state index contributed by atoms with van der Waals surface area (Å²) in [5, 5.41) is 23.1. The number of aliphatic hydroxyl groups excluding tert-OH is 2. The van der Waals surface area contributed by atoms with Gasteiger partial charge in [0, 0.05) is 12.8 Å². The number of nitrogens with one attached hydrogen (secondary N) is 1. The molecule has 2 atom stereocenters. The normalized spacial score (nSPS) is 13.0. The summed E-state index contributed by atoms with van der Waals surface area (Å²) in [5.41, 5.74) is 0. The summed E-state index contributed by atoms with van der Waals surface area (Å²) in [6, 6.07) is -0.668. The number of amides is 1. The van der Waals surface area contributed by atoms with Crippen LogP contribution in [0.15, 0.2) is 48.6 Å². The Balaban J connectivity index is 3.59. The topological polar surface area (TPSA) is 95.9 Å². The number of unbranched alkanes of at least 4 members (excludes halogenated alkanes) is 32. The van der Waals surface area contributed by atoms with Gasteiger partial charge in [0.05, 0.1) is 25.4 Å². The van der Waals surface area contributed by atoms with Gasteiger partial charge >= 0.3 is 5.97 Å². The summed E-state index contributed by atoms with van der Waals surface area (Å²) in [4.78, 5) is 24.5. The van der Waals surface area contributed by atoms with Crippen LogP contribution < -0.4 is 5.32 Å². The number of esters is 1. The van der Waals surface area contributed by atoms with Gasteiger partial charge < -0.3 is 20.3 Å². The van der Waals surface area contributed by atoms with Gasteiger partial charge in [-0.15, -0.1) is 0 Å². The smallest absolute Gasteiger partial charge is 0.305 e. The summed E-state index contributed by atoms with van der Waals surface area (Å²) in [6.45, 7) is 4.78. The fraction of sp³-hybridized carbons (Fsp3) is 0.821. The maximum Gasteiger partial charge on any atom is 0.305 e. The molecule has 6 heteroatoms. The number of hydrogen-bond acceptors (Lipinski definition) is 5. The molecule has 3 N–H and O–H groups in total. The van der Waals surface area contributed by atoms with Crippen LogP contribution in [0.25, 0.3) is 0 Å². The van der Waals surface area contributed by atoms with Gasteiger partial charge in [-0.25, -0.2) is 0 Å². The zero-order valence-electron chi connectivity index (χ0n) is 41.1. The zero-order chi connectivity index (χ0) is 45.1. The van der Waals surface area contributed by atoms with Crippen LogP contribution in [0.5, 0.6) is 0 Å². The van der Waals surface area contributed by atoms with Gasteiger partial charge in [0.1, 0.15) is 0 Å². The highest BCUT2D eigenvalue weighted by molar-refractivity contribution is 5.76. The number of carbonyl (C=O) groups excluding carboxylic acids is 2. The SMILES string of the molecule is CCCCC/C=C\C/C=C\CCCCCCCC(=O)OCCCCCC/C=C\CCCC(=O)NC(CO)C(O)/C=C/CCCCCCCCCCCCCCCCCCCCC. The summed E-state index contributed by atoms with van der Waals surface area (Å²) in [5.74, 6) is -0.182. The lowest BCUT2D eigenvalue weighted by atomic mass is 10.0. The second-order valence-corrected chi connectivity index (χ2v) is 18.2. The molecule has 0 aliphatic rings. The van der Waals surface area contributed by atoms with Gasteiger partial charge in [-0.3, -0.25) is 9.59 Å². The minimum atomic E-state index is -0.878. The zero-order valence-corrected chi connectivity index (χ0v) is 41.1. The molecule has 362 valence electrons. The van der Waals surface area contributed by atoms with Crippen molar-refractivity contribution in [1.29, 1.82) is 0 Å². The van der Waals surface area contributed by atoms with Crippen molar-refractivity contribution in [1.82, 2.24) is 5.32 Å². The maximum absolute atomic E-state index is 12.4. The summed E-state index contributed by atoms with van der Waals surface area (Å²) in [7, 11) is 0. The van der Waals surface area contributed by atoms with E-state index in [1.807, 2.05) is 6.08 Å². The van der Waals surface area contributed by atoms with E-state index in [0.717, 1.165) is 83.5 Å². The molecule has 0 bridgehead atoms. The van der Waals surface area contributed by atoms with Crippen molar-refractivity contribution >= 4 is 11.9 Å². The van der Waals surface area contributed by atoms with Gasteiger partial charge in [0.25, 0.3) is 0 Å². The maximum atomic E-state index is 12.4. The molecule has 0 aliphatic heterocycles. The van der Waals surface area contributed by atoms with E-state index >= 15 is 0 Å². The summed E-state index contributed by atoms with van der Waals surface area (Å²) >= 11 is 0. The predicted octanol–water partition coefficient (Wildman–Crippen LogP) is 16.2. The van der Waals surface area contributed by atoms with Gasteiger partial charge in [0.2, 0.25) is 5.91 Å². The Bertz CT molecular complexity index is 1050. The van der Waals surface area contributed by atoms with Crippen LogP contribution in [0.1, 0.15) is 271 Å². The van der Waals surface area contributed by atoms with E-state index in [1.165, 1.54) is 161 Å². The van der Waals surface area contributed by atoms with E-state index in [0.29, 0.717) is 19.4 Å². The molecule has 1 amide bonds. The Labute approximate surface area is 385 Å².